The predicted octanol–water partition coefficient (Wildman–Crippen LogP) is -1.84. The lowest BCUT2D eigenvalue weighted by Crippen LogP contribution is -2.41. The van der Waals surface area contributed by atoms with Gasteiger partial charge in [0.15, 0.2) is 0 Å². The molecule has 6 N–H and O–H groups in total. The molecule has 3 atom stereocenters. The zero-order chi connectivity index (χ0) is 17.5. The van der Waals surface area contributed by atoms with E-state index in [4.69, 9.17) is 5.11 Å². The molecular weight excluding hydrogens is 316 g/mol. The van der Waals surface area contributed by atoms with Crippen molar-refractivity contribution in [3.8, 4) is 0 Å². The van der Waals surface area contributed by atoms with Crippen molar-refractivity contribution in [3.63, 3.8) is 0 Å². The Bertz CT molecular complexity index is 659. The van der Waals surface area contributed by atoms with Crippen LogP contribution < -0.4 is 10.7 Å². The van der Waals surface area contributed by atoms with Crippen molar-refractivity contribution >= 4 is 24.2 Å². The molecule has 2 rings (SSSR count). The third-order valence-electron chi connectivity index (χ3n) is 3.13. The van der Waals surface area contributed by atoms with Gasteiger partial charge in [0.2, 0.25) is 5.96 Å². The third-order valence-corrected chi connectivity index (χ3v) is 3.13. The van der Waals surface area contributed by atoms with E-state index in [2.05, 4.69) is 20.8 Å². The fraction of sp³-hybridized carbons (Fsp3) is 0.267. The standard InChI is InChI=1S/C15H18N4O5/c20-8-12(22)13(23)11(21)7-16-19-15-17-10(14(24)18-15)6-9-4-2-1-3-5-9/h1-7,11-13,20-23H,8H2,(H2,17,18,19,24)/b10-6-,16-7+/t11-,12+,13-/m0/s1. The maximum atomic E-state index is 11.8. The molecule has 1 aliphatic heterocycles. The summed E-state index contributed by atoms with van der Waals surface area (Å²) >= 11 is 0. The van der Waals surface area contributed by atoms with Crippen LogP contribution in [0.5, 0.6) is 0 Å². The van der Waals surface area contributed by atoms with Crippen molar-refractivity contribution in [1.82, 2.24) is 10.7 Å². The van der Waals surface area contributed by atoms with Gasteiger partial charge in [-0.2, -0.15) is 5.10 Å². The van der Waals surface area contributed by atoms with Gasteiger partial charge >= 0.3 is 0 Å². The summed E-state index contributed by atoms with van der Waals surface area (Å²) in [6, 6.07) is 9.17. The number of guanidine groups is 1. The molecule has 0 spiro atoms. The Kier molecular flexibility index (Phi) is 6.15. The molecule has 0 bridgehead atoms. The highest BCUT2D eigenvalue weighted by atomic mass is 16.4. The molecule has 1 amide bonds. The van der Waals surface area contributed by atoms with Crippen molar-refractivity contribution in [1.29, 1.82) is 0 Å². The molecule has 9 nitrogen and oxygen atoms in total. The largest absolute Gasteiger partial charge is 0.394 e. The number of aliphatic hydroxyl groups excluding tert-OH is 4. The lowest BCUT2D eigenvalue weighted by molar-refractivity contribution is -0.115. The number of hydrazone groups is 1. The number of rotatable bonds is 6. The molecule has 1 aromatic rings. The first-order valence-electron chi connectivity index (χ1n) is 7.12. The quantitative estimate of drug-likeness (QED) is 0.205. The Morgan fingerprint density at radius 3 is 2.62 bits per heavy atom. The zero-order valence-corrected chi connectivity index (χ0v) is 12.6. The van der Waals surface area contributed by atoms with E-state index < -0.39 is 30.8 Å². The molecule has 128 valence electrons. The first kappa shape index (κ1) is 17.8. The van der Waals surface area contributed by atoms with E-state index in [-0.39, 0.29) is 11.7 Å². The second-order valence-electron chi connectivity index (χ2n) is 4.98. The molecule has 24 heavy (non-hydrogen) atoms. The van der Waals surface area contributed by atoms with Gasteiger partial charge in [0.25, 0.3) is 5.91 Å². The minimum Gasteiger partial charge on any atom is -0.394 e. The molecule has 9 heteroatoms. The van der Waals surface area contributed by atoms with E-state index in [0.717, 1.165) is 11.8 Å². The Balaban J connectivity index is 1.96. The molecule has 1 aromatic carbocycles. The zero-order valence-electron chi connectivity index (χ0n) is 12.6. The van der Waals surface area contributed by atoms with E-state index in [9.17, 15) is 20.1 Å². The topological polar surface area (TPSA) is 147 Å². The molecule has 0 fully saturated rings. The Hall–Kier alpha value is -2.59. The lowest BCUT2D eigenvalue weighted by atomic mass is 10.1. The van der Waals surface area contributed by atoms with Crippen molar-refractivity contribution in [2.45, 2.75) is 18.3 Å². The monoisotopic (exact) mass is 334 g/mol. The summed E-state index contributed by atoms with van der Waals surface area (Å²) in [6.45, 7) is -0.699. The number of nitrogens with one attached hydrogen (secondary N) is 2. The number of hydrogen-bond acceptors (Lipinski definition) is 8. The average Bonchev–Trinajstić information content (AvgIpc) is 2.93. The van der Waals surface area contributed by atoms with Crippen molar-refractivity contribution in [2.75, 3.05) is 6.61 Å². The SMILES string of the molecule is O=C1NC(N/N=C/[C@H](O)[C@H](O)[C@H](O)CO)=N/C1=C\c1ccccc1. The Labute approximate surface area is 137 Å². The third kappa shape index (κ3) is 4.70. The average molecular weight is 334 g/mol. The molecule has 0 saturated heterocycles. The van der Waals surface area contributed by atoms with Crippen LogP contribution in [-0.2, 0) is 4.79 Å². The van der Waals surface area contributed by atoms with E-state index in [1.165, 1.54) is 0 Å². The number of hydrogen-bond donors (Lipinski definition) is 6. The summed E-state index contributed by atoms with van der Waals surface area (Å²) in [5, 5.41) is 42.9. The first-order valence-corrected chi connectivity index (χ1v) is 7.12. The molecule has 0 aromatic heterocycles. The summed E-state index contributed by atoms with van der Waals surface area (Å²) in [7, 11) is 0. The Morgan fingerprint density at radius 2 is 1.96 bits per heavy atom. The van der Waals surface area contributed by atoms with Gasteiger partial charge in [0.1, 0.15) is 24.0 Å². The maximum absolute atomic E-state index is 11.8. The highest BCUT2D eigenvalue weighted by molar-refractivity contribution is 6.13. The molecule has 0 saturated carbocycles. The van der Waals surface area contributed by atoms with Gasteiger partial charge in [-0.25, -0.2) is 10.4 Å². The van der Waals surface area contributed by atoms with Crippen LogP contribution in [0.3, 0.4) is 0 Å². The summed E-state index contributed by atoms with van der Waals surface area (Å²) in [4.78, 5) is 15.8. The smallest absolute Gasteiger partial charge is 0.276 e. The van der Waals surface area contributed by atoms with E-state index in [0.29, 0.717) is 0 Å². The van der Waals surface area contributed by atoms with Crippen molar-refractivity contribution in [2.24, 2.45) is 10.1 Å². The van der Waals surface area contributed by atoms with Crippen LogP contribution in [0.25, 0.3) is 6.08 Å². The minimum absolute atomic E-state index is 0.0582. The summed E-state index contributed by atoms with van der Waals surface area (Å²) in [6.07, 6.45) is -2.07. The molecule has 0 aliphatic carbocycles. The highest BCUT2D eigenvalue weighted by Crippen LogP contribution is 2.11. The highest BCUT2D eigenvalue weighted by Gasteiger charge is 2.23. The number of benzene rings is 1. The van der Waals surface area contributed by atoms with Crippen LogP contribution in [0.2, 0.25) is 0 Å². The number of amides is 1. The summed E-state index contributed by atoms with van der Waals surface area (Å²) in [5.41, 5.74) is 3.40. The van der Waals surface area contributed by atoms with Crippen molar-refractivity contribution in [3.05, 3.63) is 41.6 Å². The van der Waals surface area contributed by atoms with Gasteiger partial charge in [0, 0.05) is 0 Å². The summed E-state index contributed by atoms with van der Waals surface area (Å²) < 4.78 is 0. The van der Waals surface area contributed by atoms with Crippen LogP contribution in [0, 0.1) is 0 Å². The van der Waals surface area contributed by atoms with Gasteiger partial charge in [-0.1, -0.05) is 30.3 Å². The predicted molar refractivity (Wildman–Crippen MR) is 86.7 cm³/mol. The summed E-state index contributed by atoms with van der Waals surface area (Å²) in [5.74, 6) is -0.351. The second-order valence-corrected chi connectivity index (χ2v) is 4.98. The van der Waals surface area contributed by atoms with Crippen LogP contribution >= 0.6 is 0 Å². The molecule has 0 unspecified atom stereocenters. The number of aliphatic imine (C=N–C) groups is 1. The van der Waals surface area contributed by atoms with Gasteiger partial charge in [-0.15, -0.1) is 0 Å². The lowest BCUT2D eigenvalue weighted by Gasteiger charge is -2.17. The number of carbonyl (C=O) groups excluding carboxylic acids is 1. The van der Waals surface area contributed by atoms with Crippen LogP contribution in [0.15, 0.2) is 46.1 Å². The van der Waals surface area contributed by atoms with E-state index >= 15 is 0 Å². The van der Waals surface area contributed by atoms with Gasteiger partial charge < -0.3 is 20.4 Å². The Morgan fingerprint density at radius 1 is 1.25 bits per heavy atom. The minimum atomic E-state index is -1.59. The number of aliphatic hydroxyl groups is 4. The fourth-order valence-corrected chi connectivity index (χ4v) is 1.83. The van der Waals surface area contributed by atoms with Crippen LogP contribution in [0.1, 0.15) is 5.56 Å². The first-order chi connectivity index (χ1) is 11.5. The molecule has 1 aliphatic rings. The van der Waals surface area contributed by atoms with Crippen LogP contribution in [-0.4, -0.2) is 63.4 Å². The molecular formula is C15H18N4O5. The van der Waals surface area contributed by atoms with Crippen LogP contribution in [0.4, 0.5) is 0 Å². The van der Waals surface area contributed by atoms with Gasteiger partial charge in [-0.3, -0.25) is 10.1 Å². The van der Waals surface area contributed by atoms with Crippen molar-refractivity contribution < 1.29 is 25.2 Å². The van der Waals surface area contributed by atoms with Gasteiger partial charge in [-0.05, 0) is 11.6 Å². The normalized spacial score (nSPS) is 19.9. The number of nitrogens with zero attached hydrogens (tertiary/aromatic N) is 2. The maximum Gasteiger partial charge on any atom is 0.276 e. The van der Waals surface area contributed by atoms with E-state index in [1.54, 1.807) is 6.08 Å². The van der Waals surface area contributed by atoms with Gasteiger partial charge in [0.05, 0.1) is 12.8 Å². The molecule has 0 radical (unpaired) electrons. The van der Waals surface area contributed by atoms with E-state index in [1.807, 2.05) is 30.3 Å². The molecule has 1 heterocycles. The fourth-order valence-electron chi connectivity index (χ4n) is 1.83. The number of carbonyl (C=O) groups is 1. The second kappa shape index (κ2) is 8.31.